The minimum absolute atomic E-state index is 0.336. The Morgan fingerprint density at radius 1 is 1.00 bits per heavy atom. The number of hydrogen-bond acceptors (Lipinski definition) is 4. The molecule has 2 aromatic carbocycles. The van der Waals surface area contributed by atoms with Crippen LogP contribution >= 0.6 is 0 Å². The van der Waals surface area contributed by atoms with Gasteiger partial charge in [-0.2, -0.15) is 0 Å². The van der Waals surface area contributed by atoms with Crippen molar-refractivity contribution in [3.05, 3.63) is 48.4 Å². The number of nitrogens with zero attached hydrogens (tertiary/aromatic N) is 1. The molecule has 3 N–H and O–H groups in total. The van der Waals surface area contributed by atoms with Crippen molar-refractivity contribution in [2.24, 2.45) is 5.73 Å². The summed E-state index contributed by atoms with van der Waals surface area (Å²) in [7, 11) is -0.344. The zero-order valence-corrected chi connectivity index (χ0v) is 15.7. The molecule has 0 aliphatic carbocycles. The van der Waals surface area contributed by atoms with Gasteiger partial charge in [0.2, 0.25) is 0 Å². The van der Waals surface area contributed by atoms with Gasteiger partial charge in [-0.25, -0.2) is 4.98 Å². The summed E-state index contributed by atoms with van der Waals surface area (Å²) in [6.07, 6.45) is 1.82. The SMILES string of the molecule is CC1(C)OB(c2ccc3cc(-c4cnc(CN)[nH]4)ccc3c2)OC1(C)C. The van der Waals surface area contributed by atoms with Crippen LogP contribution in [-0.2, 0) is 15.9 Å². The maximum Gasteiger partial charge on any atom is 0.494 e. The molecule has 1 fully saturated rings. The number of rotatable bonds is 3. The van der Waals surface area contributed by atoms with Gasteiger partial charge in [-0.15, -0.1) is 0 Å². The van der Waals surface area contributed by atoms with Crippen molar-refractivity contribution < 1.29 is 9.31 Å². The first-order valence-electron chi connectivity index (χ1n) is 8.93. The molecule has 0 saturated carbocycles. The van der Waals surface area contributed by atoms with Crippen LogP contribution < -0.4 is 11.2 Å². The summed E-state index contributed by atoms with van der Waals surface area (Å²) < 4.78 is 12.3. The predicted octanol–water partition coefficient (Wildman–Crippen LogP) is 2.99. The van der Waals surface area contributed by atoms with Gasteiger partial charge in [0.05, 0.1) is 29.6 Å². The van der Waals surface area contributed by atoms with E-state index in [9.17, 15) is 0 Å². The van der Waals surface area contributed by atoms with Crippen LogP contribution in [0.1, 0.15) is 33.5 Å². The van der Waals surface area contributed by atoms with Gasteiger partial charge in [-0.3, -0.25) is 0 Å². The summed E-state index contributed by atoms with van der Waals surface area (Å²) in [6.45, 7) is 8.69. The van der Waals surface area contributed by atoms with Crippen molar-refractivity contribution in [2.75, 3.05) is 0 Å². The molecule has 4 rings (SSSR count). The molecule has 134 valence electrons. The van der Waals surface area contributed by atoms with Crippen LogP contribution in [-0.4, -0.2) is 28.3 Å². The summed E-state index contributed by atoms with van der Waals surface area (Å²) in [4.78, 5) is 7.51. The van der Waals surface area contributed by atoms with Crippen molar-refractivity contribution in [2.45, 2.75) is 45.4 Å². The van der Waals surface area contributed by atoms with Gasteiger partial charge in [0.1, 0.15) is 5.82 Å². The van der Waals surface area contributed by atoms with Crippen LogP contribution in [0.4, 0.5) is 0 Å². The van der Waals surface area contributed by atoms with E-state index >= 15 is 0 Å². The molecule has 0 bridgehead atoms. The van der Waals surface area contributed by atoms with Crippen LogP contribution in [0.3, 0.4) is 0 Å². The molecule has 0 radical (unpaired) electrons. The lowest BCUT2D eigenvalue weighted by molar-refractivity contribution is 0.00578. The molecule has 1 saturated heterocycles. The van der Waals surface area contributed by atoms with E-state index in [1.165, 1.54) is 0 Å². The number of hydrogen-bond donors (Lipinski definition) is 2. The van der Waals surface area contributed by atoms with E-state index in [1.54, 1.807) is 0 Å². The first-order chi connectivity index (χ1) is 12.3. The smallest absolute Gasteiger partial charge is 0.399 e. The molecule has 1 aliphatic heterocycles. The van der Waals surface area contributed by atoms with Crippen molar-refractivity contribution in [3.63, 3.8) is 0 Å². The third-order valence-electron chi connectivity index (χ3n) is 5.52. The topological polar surface area (TPSA) is 73.2 Å². The minimum atomic E-state index is -0.344. The Labute approximate surface area is 154 Å². The monoisotopic (exact) mass is 349 g/mol. The van der Waals surface area contributed by atoms with Gasteiger partial charge in [0.25, 0.3) is 0 Å². The Kier molecular flexibility index (Phi) is 3.95. The normalized spacial score (nSPS) is 18.6. The first-order valence-corrected chi connectivity index (χ1v) is 8.93. The largest absolute Gasteiger partial charge is 0.494 e. The van der Waals surface area contributed by atoms with Gasteiger partial charge in [0.15, 0.2) is 0 Å². The lowest BCUT2D eigenvalue weighted by atomic mass is 9.78. The molecule has 6 heteroatoms. The maximum absolute atomic E-state index is 6.16. The number of imidazole rings is 1. The van der Waals surface area contributed by atoms with E-state index < -0.39 is 0 Å². The van der Waals surface area contributed by atoms with Crippen LogP contribution in [0.25, 0.3) is 22.0 Å². The Morgan fingerprint density at radius 2 is 1.65 bits per heavy atom. The zero-order chi connectivity index (χ0) is 18.5. The first kappa shape index (κ1) is 17.3. The van der Waals surface area contributed by atoms with Crippen LogP contribution in [0.5, 0.6) is 0 Å². The van der Waals surface area contributed by atoms with E-state index in [0.717, 1.165) is 33.3 Å². The molecule has 2 heterocycles. The second kappa shape index (κ2) is 5.94. The number of nitrogens with one attached hydrogen (secondary N) is 1. The van der Waals surface area contributed by atoms with Crippen molar-refractivity contribution in [3.8, 4) is 11.3 Å². The highest BCUT2D eigenvalue weighted by Crippen LogP contribution is 2.36. The zero-order valence-electron chi connectivity index (χ0n) is 15.7. The fourth-order valence-electron chi connectivity index (χ4n) is 3.17. The summed E-state index contributed by atoms with van der Waals surface area (Å²) in [6, 6.07) is 12.7. The minimum Gasteiger partial charge on any atom is -0.399 e. The fourth-order valence-corrected chi connectivity index (χ4v) is 3.17. The van der Waals surface area contributed by atoms with Gasteiger partial charge in [-0.05, 0) is 50.0 Å². The Bertz CT molecular complexity index is 949. The standard InChI is InChI=1S/C20H24BN3O2/c1-19(2)20(3,4)26-21(25-19)16-8-7-13-9-15(6-5-14(13)10-16)17-12-23-18(11-22)24-17/h5-10,12H,11,22H2,1-4H3,(H,23,24). The van der Waals surface area contributed by atoms with Gasteiger partial charge < -0.3 is 20.0 Å². The highest BCUT2D eigenvalue weighted by molar-refractivity contribution is 6.62. The van der Waals surface area contributed by atoms with E-state index in [2.05, 4.69) is 74.1 Å². The third-order valence-corrected chi connectivity index (χ3v) is 5.52. The molecule has 1 aromatic heterocycles. The number of fused-ring (bicyclic) bond motifs is 1. The summed E-state index contributed by atoms with van der Waals surface area (Å²) in [5, 5.41) is 2.31. The second-order valence-electron chi connectivity index (χ2n) is 7.86. The molecule has 0 spiro atoms. The van der Waals surface area contributed by atoms with E-state index in [4.69, 9.17) is 15.0 Å². The number of aromatic nitrogens is 2. The number of benzene rings is 2. The maximum atomic E-state index is 6.16. The Balaban J connectivity index is 1.66. The number of nitrogens with two attached hydrogens (primary N) is 1. The Morgan fingerprint density at radius 3 is 2.31 bits per heavy atom. The predicted molar refractivity (Wildman–Crippen MR) is 105 cm³/mol. The molecule has 1 aliphatic rings. The summed E-state index contributed by atoms with van der Waals surface area (Å²) in [5.41, 5.74) is 8.06. The lowest BCUT2D eigenvalue weighted by Gasteiger charge is -2.32. The molecule has 26 heavy (non-hydrogen) atoms. The van der Waals surface area contributed by atoms with E-state index in [0.29, 0.717) is 6.54 Å². The fraction of sp³-hybridized carbons (Fsp3) is 0.350. The van der Waals surface area contributed by atoms with Gasteiger partial charge >= 0.3 is 7.12 Å². The molecule has 0 unspecified atom stereocenters. The van der Waals surface area contributed by atoms with E-state index in [-0.39, 0.29) is 18.3 Å². The quantitative estimate of drug-likeness (QED) is 0.713. The molecule has 5 nitrogen and oxygen atoms in total. The second-order valence-corrected chi connectivity index (χ2v) is 7.86. The van der Waals surface area contributed by atoms with Gasteiger partial charge in [0, 0.05) is 5.56 Å². The lowest BCUT2D eigenvalue weighted by Crippen LogP contribution is -2.41. The molecule has 0 atom stereocenters. The highest BCUT2D eigenvalue weighted by atomic mass is 16.7. The van der Waals surface area contributed by atoms with Crippen LogP contribution in [0, 0.1) is 0 Å². The summed E-state index contributed by atoms with van der Waals surface area (Å²) in [5.74, 6) is 0.788. The van der Waals surface area contributed by atoms with Crippen molar-refractivity contribution in [1.29, 1.82) is 0 Å². The number of H-pyrrole nitrogens is 1. The molecular weight excluding hydrogens is 325 g/mol. The van der Waals surface area contributed by atoms with Crippen molar-refractivity contribution in [1.82, 2.24) is 9.97 Å². The Hall–Kier alpha value is -2.15. The molecule has 0 amide bonds. The van der Waals surface area contributed by atoms with Gasteiger partial charge in [-0.1, -0.05) is 30.3 Å². The number of aromatic amines is 1. The third kappa shape index (κ3) is 2.84. The molecular formula is C20H24BN3O2. The average molecular weight is 349 g/mol. The average Bonchev–Trinajstić information content (AvgIpc) is 3.16. The molecule has 3 aromatic rings. The highest BCUT2D eigenvalue weighted by Gasteiger charge is 2.51. The van der Waals surface area contributed by atoms with E-state index in [1.807, 2.05) is 6.20 Å². The van der Waals surface area contributed by atoms with Crippen LogP contribution in [0.15, 0.2) is 42.6 Å². The van der Waals surface area contributed by atoms with Crippen LogP contribution in [0.2, 0.25) is 0 Å². The van der Waals surface area contributed by atoms with Crippen molar-refractivity contribution >= 4 is 23.4 Å². The summed E-state index contributed by atoms with van der Waals surface area (Å²) >= 11 is 0.